The average Bonchev–Trinajstić information content (AvgIpc) is 2.29. The molecule has 1 rings (SSSR count). The molecule has 1 heterocycles. The average molecular weight is 334 g/mol. The SMILES string of the molecule is Cc1cc(Cl)nc(Cl)c1CC(CN)NC(=O)OC(C)(C)C. The molecule has 0 bridgehead atoms. The molecule has 1 atom stereocenters. The fourth-order valence-electron chi connectivity index (χ4n) is 1.78. The van der Waals surface area contributed by atoms with Crippen molar-refractivity contribution in [3.8, 4) is 0 Å². The highest BCUT2D eigenvalue weighted by Crippen LogP contribution is 2.22. The fourth-order valence-corrected chi connectivity index (χ4v) is 2.39. The van der Waals surface area contributed by atoms with Gasteiger partial charge in [-0.2, -0.15) is 0 Å². The highest BCUT2D eigenvalue weighted by Gasteiger charge is 2.20. The molecule has 0 radical (unpaired) electrons. The smallest absolute Gasteiger partial charge is 0.407 e. The zero-order valence-electron chi connectivity index (χ0n) is 12.7. The molecule has 1 amide bonds. The van der Waals surface area contributed by atoms with E-state index in [0.717, 1.165) is 11.1 Å². The van der Waals surface area contributed by atoms with Crippen LogP contribution in [0.25, 0.3) is 0 Å². The Morgan fingerprint density at radius 2 is 2.10 bits per heavy atom. The maximum absolute atomic E-state index is 11.8. The van der Waals surface area contributed by atoms with Crippen LogP contribution in [0, 0.1) is 6.92 Å². The number of halogens is 2. The molecule has 21 heavy (non-hydrogen) atoms. The molecule has 1 aromatic rings. The molecule has 0 aliphatic rings. The van der Waals surface area contributed by atoms with Crippen molar-refractivity contribution < 1.29 is 9.53 Å². The van der Waals surface area contributed by atoms with Crippen molar-refractivity contribution in [2.24, 2.45) is 5.73 Å². The third kappa shape index (κ3) is 6.08. The van der Waals surface area contributed by atoms with E-state index in [-0.39, 0.29) is 12.6 Å². The van der Waals surface area contributed by atoms with Gasteiger partial charge >= 0.3 is 6.09 Å². The Kier molecular flexibility index (Phi) is 6.25. The standard InChI is InChI=1S/C14H21Cl2N3O2/c1-8-5-11(15)19-12(16)10(8)6-9(7-17)18-13(20)21-14(2,3)4/h5,9H,6-7,17H2,1-4H3,(H,18,20). The van der Waals surface area contributed by atoms with Gasteiger partial charge in [0.05, 0.1) is 0 Å². The van der Waals surface area contributed by atoms with Crippen LogP contribution in [0.2, 0.25) is 10.3 Å². The Balaban J connectivity index is 2.77. The number of amides is 1. The number of aryl methyl sites for hydroxylation is 1. The van der Waals surface area contributed by atoms with Crippen LogP contribution in [0.15, 0.2) is 6.07 Å². The van der Waals surface area contributed by atoms with Gasteiger partial charge in [-0.1, -0.05) is 23.2 Å². The van der Waals surface area contributed by atoms with Crippen LogP contribution in [0.3, 0.4) is 0 Å². The first kappa shape index (κ1) is 18.0. The normalized spacial score (nSPS) is 12.9. The van der Waals surface area contributed by atoms with Crippen LogP contribution >= 0.6 is 23.2 Å². The first-order valence-corrected chi connectivity index (χ1v) is 7.39. The third-order valence-electron chi connectivity index (χ3n) is 2.72. The van der Waals surface area contributed by atoms with Crippen LogP contribution in [0.4, 0.5) is 4.79 Å². The molecule has 0 saturated heterocycles. The molecular formula is C14H21Cl2N3O2. The third-order valence-corrected chi connectivity index (χ3v) is 3.23. The van der Waals surface area contributed by atoms with E-state index in [1.807, 2.05) is 6.92 Å². The predicted molar refractivity (Wildman–Crippen MR) is 84.9 cm³/mol. The molecule has 0 aromatic carbocycles. The lowest BCUT2D eigenvalue weighted by atomic mass is 10.0. The number of alkyl carbamates (subject to hydrolysis) is 1. The van der Waals surface area contributed by atoms with Gasteiger partial charge in [-0.15, -0.1) is 0 Å². The molecule has 118 valence electrons. The largest absolute Gasteiger partial charge is 0.444 e. The second kappa shape index (κ2) is 7.29. The minimum atomic E-state index is -0.557. The summed E-state index contributed by atoms with van der Waals surface area (Å²) in [6.07, 6.45) is -0.0430. The van der Waals surface area contributed by atoms with Crippen molar-refractivity contribution in [3.05, 3.63) is 27.5 Å². The molecule has 0 aliphatic heterocycles. The predicted octanol–water partition coefficient (Wildman–Crippen LogP) is 3.09. The minimum absolute atomic E-state index is 0.262. The zero-order chi connectivity index (χ0) is 16.2. The van der Waals surface area contributed by atoms with Crippen LogP contribution in [-0.4, -0.2) is 29.3 Å². The van der Waals surface area contributed by atoms with E-state index in [1.54, 1.807) is 26.8 Å². The van der Waals surface area contributed by atoms with Crippen molar-refractivity contribution >= 4 is 29.3 Å². The van der Waals surface area contributed by atoms with Crippen molar-refractivity contribution in [3.63, 3.8) is 0 Å². The first-order valence-electron chi connectivity index (χ1n) is 6.63. The first-order chi connectivity index (χ1) is 9.62. The highest BCUT2D eigenvalue weighted by atomic mass is 35.5. The molecule has 0 aliphatic carbocycles. The molecule has 0 spiro atoms. The number of nitrogens with one attached hydrogen (secondary N) is 1. The number of carbonyl (C=O) groups is 1. The van der Waals surface area contributed by atoms with E-state index < -0.39 is 11.7 Å². The van der Waals surface area contributed by atoms with Gasteiger partial charge in [0.1, 0.15) is 15.9 Å². The summed E-state index contributed by atoms with van der Waals surface area (Å²) in [5.74, 6) is 0. The lowest BCUT2D eigenvalue weighted by Crippen LogP contribution is -2.44. The Morgan fingerprint density at radius 1 is 1.48 bits per heavy atom. The van der Waals surface area contributed by atoms with E-state index in [4.69, 9.17) is 33.7 Å². The molecule has 0 saturated carbocycles. The Morgan fingerprint density at radius 3 is 2.57 bits per heavy atom. The molecule has 1 unspecified atom stereocenters. The highest BCUT2D eigenvalue weighted by molar-refractivity contribution is 6.33. The molecule has 5 nitrogen and oxygen atoms in total. The van der Waals surface area contributed by atoms with Gasteiger partial charge in [0, 0.05) is 12.6 Å². The summed E-state index contributed by atoms with van der Waals surface area (Å²) in [6, 6.07) is 1.43. The number of nitrogens with two attached hydrogens (primary N) is 1. The monoisotopic (exact) mass is 333 g/mol. The number of rotatable bonds is 4. The number of hydrogen-bond donors (Lipinski definition) is 2. The summed E-state index contributed by atoms with van der Waals surface area (Å²) in [5, 5.41) is 3.40. The molecule has 0 fully saturated rings. The van der Waals surface area contributed by atoms with Crippen LogP contribution in [-0.2, 0) is 11.2 Å². The molecule has 3 N–H and O–H groups in total. The number of nitrogens with zero attached hydrogens (tertiary/aromatic N) is 1. The van der Waals surface area contributed by atoms with Crippen LogP contribution < -0.4 is 11.1 Å². The van der Waals surface area contributed by atoms with E-state index >= 15 is 0 Å². The Labute approximate surface area is 135 Å². The lowest BCUT2D eigenvalue weighted by Gasteiger charge is -2.23. The van der Waals surface area contributed by atoms with Gasteiger partial charge in [-0.25, -0.2) is 9.78 Å². The van der Waals surface area contributed by atoms with Gasteiger partial charge < -0.3 is 15.8 Å². The van der Waals surface area contributed by atoms with Crippen molar-refractivity contribution in [1.29, 1.82) is 0 Å². The summed E-state index contributed by atoms with van der Waals surface area (Å²) in [7, 11) is 0. The minimum Gasteiger partial charge on any atom is -0.444 e. The lowest BCUT2D eigenvalue weighted by molar-refractivity contribution is 0.0506. The summed E-state index contributed by atoms with van der Waals surface area (Å²) in [6.45, 7) is 7.55. The van der Waals surface area contributed by atoms with Crippen molar-refractivity contribution in [1.82, 2.24) is 10.3 Å². The molecule has 7 heteroatoms. The number of aromatic nitrogens is 1. The van der Waals surface area contributed by atoms with E-state index in [0.29, 0.717) is 16.7 Å². The Hall–Kier alpha value is -1.04. The summed E-state index contributed by atoms with van der Waals surface area (Å²) in [5.41, 5.74) is 6.87. The molecule has 1 aromatic heterocycles. The van der Waals surface area contributed by atoms with Gasteiger partial charge in [0.15, 0.2) is 0 Å². The number of pyridine rings is 1. The maximum atomic E-state index is 11.8. The van der Waals surface area contributed by atoms with Gasteiger partial charge in [0.25, 0.3) is 0 Å². The number of carbonyl (C=O) groups excluding carboxylic acids is 1. The van der Waals surface area contributed by atoms with Crippen molar-refractivity contribution in [2.45, 2.75) is 45.8 Å². The summed E-state index contributed by atoms with van der Waals surface area (Å²) in [4.78, 5) is 15.8. The molecular weight excluding hydrogens is 313 g/mol. The fraction of sp³-hybridized carbons (Fsp3) is 0.571. The zero-order valence-corrected chi connectivity index (χ0v) is 14.2. The van der Waals surface area contributed by atoms with Crippen LogP contribution in [0.1, 0.15) is 31.9 Å². The van der Waals surface area contributed by atoms with Gasteiger partial charge in [-0.05, 0) is 51.3 Å². The van der Waals surface area contributed by atoms with Crippen molar-refractivity contribution in [2.75, 3.05) is 6.54 Å². The topological polar surface area (TPSA) is 77.2 Å². The maximum Gasteiger partial charge on any atom is 0.407 e. The quantitative estimate of drug-likeness (QED) is 0.830. The second-order valence-electron chi connectivity index (χ2n) is 5.81. The second-order valence-corrected chi connectivity index (χ2v) is 6.56. The van der Waals surface area contributed by atoms with Crippen LogP contribution in [0.5, 0.6) is 0 Å². The van der Waals surface area contributed by atoms with Gasteiger partial charge in [-0.3, -0.25) is 0 Å². The van der Waals surface area contributed by atoms with E-state index in [1.165, 1.54) is 0 Å². The van der Waals surface area contributed by atoms with E-state index in [2.05, 4.69) is 10.3 Å². The van der Waals surface area contributed by atoms with E-state index in [9.17, 15) is 4.79 Å². The van der Waals surface area contributed by atoms with Gasteiger partial charge in [0.2, 0.25) is 0 Å². The Bertz CT molecular complexity index is 492. The summed E-state index contributed by atoms with van der Waals surface area (Å²) >= 11 is 11.9. The summed E-state index contributed by atoms with van der Waals surface area (Å²) < 4.78 is 5.21. The number of ether oxygens (including phenoxy) is 1. The number of hydrogen-bond acceptors (Lipinski definition) is 4.